The standard InChI is InChI=1S/C27H24ClNO5/c28-17-8-2-3-9-18(17)29-24(32)15-33-21-12-4-1-7-16(21)25-26-19(30)10-5-13-22(26)34-23-14-6-11-20(31)27(23)25/h1-4,7-9,12,25H,5-6,10-11,13-15H2,(H,29,32). The van der Waals surface area contributed by atoms with Gasteiger partial charge < -0.3 is 14.8 Å². The number of allylic oxidation sites excluding steroid dienone is 4. The zero-order valence-electron chi connectivity index (χ0n) is 18.6. The first kappa shape index (κ1) is 22.4. The number of nitrogens with one attached hydrogen (secondary N) is 1. The lowest BCUT2D eigenvalue weighted by atomic mass is 9.73. The molecule has 0 spiro atoms. The highest BCUT2D eigenvalue weighted by Crippen LogP contribution is 2.49. The molecule has 2 aromatic rings. The van der Waals surface area contributed by atoms with E-state index in [1.54, 1.807) is 36.4 Å². The second-order valence-corrected chi connectivity index (χ2v) is 9.02. The minimum absolute atomic E-state index is 0.00226. The largest absolute Gasteiger partial charge is 0.483 e. The van der Waals surface area contributed by atoms with Gasteiger partial charge in [0.2, 0.25) is 0 Å². The van der Waals surface area contributed by atoms with Crippen LogP contribution in [-0.2, 0) is 19.1 Å². The molecule has 0 fully saturated rings. The predicted octanol–water partition coefficient (Wildman–Crippen LogP) is 5.49. The molecule has 2 aromatic carbocycles. The third kappa shape index (κ3) is 4.26. The number of hydrogen-bond donors (Lipinski definition) is 1. The molecule has 174 valence electrons. The summed E-state index contributed by atoms with van der Waals surface area (Å²) in [7, 11) is 0. The fourth-order valence-corrected chi connectivity index (χ4v) is 5.05. The van der Waals surface area contributed by atoms with Gasteiger partial charge in [-0.1, -0.05) is 41.9 Å². The number of halogens is 1. The van der Waals surface area contributed by atoms with Gasteiger partial charge in [-0.2, -0.15) is 0 Å². The summed E-state index contributed by atoms with van der Waals surface area (Å²) < 4.78 is 12.0. The van der Waals surface area contributed by atoms with E-state index in [9.17, 15) is 14.4 Å². The second kappa shape index (κ2) is 9.47. The summed E-state index contributed by atoms with van der Waals surface area (Å²) in [6.45, 7) is -0.245. The number of hydrogen-bond acceptors (Lipinski definition) is 5. The van der Waals surface area contributed by atoms with Crippen molar-refractivity contribution >= 4 is 34.8 Å². The number of ketones is 2. The summed E-state index contributed by atoms with van der Waals surface area (Å²) in [6, 6.07) is 14.2. The van der Waals surface area contributed by atoms with E-state index < -0.39 is 5.92 Å². The molecule has 0 unspecified atom stereocenters. The van der Waals surface area contributed by atoms with E-state index >= 15 is 0 Å². The number of anilines is 1. The molecule has 3 aliphatic rings. The number of rotatable bonds is 5. The van der Waals surface area contributed by atoms with Crippen LogP contribution in [0.4, 0.5) is 5.69 Å². The van der Waals surface area contributed by atoms with Gasteiger partial charge in [0.1, 0.15) is 17.3 Å². The van der Waals surface area contributed by atoms with E-state index in [0.29, 0.717) is 70.4 Å². The van der Waals surface area contributed by atoms with Crippen LogP contribution in [0.2, 0.25) is 5.02 Å². The Bertz CT molecular complexity index is 1200. The van der Waals surface area contributed by atoms with Gasteiger partial charge in [0.05, 0.1) is 16.6 Å². The molecular formula is C27H24ClNO5. The maximum Gasteiger partial charge on any atom is 0.262 e. The van der Waals surface area contributed by atoms with Crippen molar-refractivity contribution in [3.05, 3.63) is 81.8 Å². The van der Waals surface area contributed by atoms with Crippen molar-refractivity contribution in [2.24, 2.45) is 0 Å². The van der Waals surface area contributed by atoms with Gasteiger partial charge in [0.25, 0.3) is 5.91 Å². The van der Waals surface area contributed by atoms with Crippen molar-refractivity contribution in [2.75, 3.05) is 11.9 Å². The maximum atomic E-state index is 13.0. The predicted molar refractivity (Wildman–Crippen MR) is 128 cm³/mol. The molecule has 2 aliphatic carbocycles. The Morgan fingerprint density at radius 2 is 1.53 bits per heavy atom. The molecular weight excluding hydrogens is 454 g/mol. The zero-order chi connectivity index (χ0) is 23.7. The topological polar surface area (TPSA) is 81.7 Å². The Morgan fingerprint density at radius 1 is 0.912 bits per heavy atom. The Balaban J connectivity index is 1.46. The smallest absolute Gasteiger partial charge is 0.262 e. The van der Waals surface area contributed by atoms with E-state index in [0.717, 1.165) is 12.8 Å². The van der Waals surface area contributed by atoms with Crippen LogP contribution in [0.3, 0.4) is 0 Å². The molecule has 0 saturated carbocycles. The lowest BCUT2D eigenvalue weighted by Gasteiger charge is -2.36. The summed E-state index contributed by atoms with van der Waals surface area (Å²) in [5, 5.41) is 3.18. The van der Waals surface area contributed by atoms with Crippen molar-refractivity contribution in [1.82, 2.24) is 0 Å². The first-order valence-electron chi connectivity index (χ1n) is 11.5. The van der Waals surface area contributed by atoms with Crippen LogP contribution in [0.25, 0.3) is 0 Å². The van der Waals surface area contributed by atoms with Gasteiger partial charge in [-0.25, -0.2) is 0 Å². The third-order valence-corrected chi connectivity index (χ3v) is 6.71. The fourth-order valence-electron chi connectivity index (χ4n) is 4.87. The number of benzene rings is 2. The fraction of sp³-hybridized carbons (Fsp3) is 0.296. The van der Waals surface area contributed by atoms with Crippen LogP contribution >= 0.6 is 11.6 Å². The molecule has 6 nitrogen and oxygen atoms in total. The summed E-state index contributed by atoms with van der Waals surface area (Å²) in [5.74, 6) is 0.894. The Morgan fingerprint density at radius 3 is 2.21 bits per heavy atom. The monoisotopic (exact) mass is 477 g/mol. The first-order valence-corrected chi connectivity index (χ1v) is 11.9. The summed E-state index contributed by atoms with van der Waals surface area (Å²) in [6.07, 6.45) is 3.68. The lowest BCUT2D eigenvalue weighted by Crippen LogP contribution is -2.30. The van der Waals surface area contributed by atoms with E-state index in [1.807, 2.05) is 12.1 Å². The van der Waals surface area contributed by atoms with Crippen LogP contribution in [0.1, 0.15) is 50.0 Å². The lowest BCUT2D eigenvalue weighted by molar-refractivity contribution is -0.119. The summed E-state index contributed by atoms with van der Waals surface area (Å²) >= 11 is 6.13. The molecule has 0 saturated heterocycles. The zero-order valence-corrected chi connectivity index (χ0v) is 19.3. The minimum Gasteiger partial charge on any atom is -0.483 e. The average molecular weight is 478 g/mol. The van der Waals surface area contributed by atoms with Crippen LogP contribution in [-0.4, -0.2) is 24.1 Å². The normalized spacial score (nSPS) is 18.3. The number of para-hydroxylation sites is 2. The number of carbonyl (C=O) groups is 3. The molecule has 5 rings (SSSR count). The Labute approximate surface area is 202 Å². The molecule has 1 amide bonds. The van der Waals surface area contributed by atoms with Crippen LogP contribution in [0.5, 0.6) is 5.75 Å². The van der Waals surface area contributed by atoms with Crippen molar-refractivity contribution < 1.29 is 23.9 Å². The van der Waals surface area contributed by atoms with Crippen molar-refractivity contribution in [3.63, 3.8) is 0 Å². The number of ether oxygens (including phenoxy) is 2. The number of Topliss-reactive ketones (excluding diaryl/α,β-unsaturated/α-hetero) is 2. The van der Waals surface area contributed by atoms with Gasteiger partial charge in [0, 0.05) is 42.4 Å². The highest BCUT2D eigenvalue weighted by Gasteiger charge is 2.42. The Hall–Kier alpha value is -3.38. The molecule has 1 heterocycles. The highest BCUT2D eigenvalue weighted by atomic mass is 35.5. The highest BCUT2D eigenvalue weighted by molar-refractivity contribution is 6.33. The van der Waals surface area contributed by atoms with Crippen molar-refractivity contribution in [2.45, 2.75) is 44.4 Å². The maximum absolute atomic E-state index is 13.0. The SMILES string of the molecule is O=C(COc1ccccc1C1C2=C(CCCC2=O)OC2=C1C(=O)CCC2)Nc1ccccc1Cl. The molecule has 0 aromatic heterocycles. The number of carbonyl (C=O) groups excluding carboxylic acids is 3. The molecule has 1 aliphatic heterocycles. The van der Waals surface area contributed by atoms with Gasteiger partial charge in [-0.3, -0.25) is 14.4 Å². The first-order chi connectivity index (χ1) is 16.5. The van der Waals surface area contributed by atoms with E-state index in [1.165, 1.54) is 0 Å². The van der Waals surface area contributed by atoms with E-state index in [2.05, 4.69) is 5.32 Å². The van der Waals surface area contributed by atoms with E-state index in [-0.39, 0.29) is 24.1 Å². The van der Waals surface area contributed by atoms with Crippen LogP contribution in [0, 0.1) is 0 Å². The molecule has 34 heavy (non-hydrogen) atoms. The van der Waals surface area contributed by atoms with Gasteiger partial charge >= 0.3 is 0 Å². The quantitative estimate of drug-likeness (QED) is 0.616. The average Bonchev–Trinajstić information content (AvgIpc) is 2.83. The van der Waals surface area contributed by atoms with Gasteiger partial charge in [-0.05, 0) is 31.0 Å². The van der Waals surface area contributed by atoms with Crippen LogP contribution < -0.4 is 10.1 Å². The van der Waals surface area contributed by atoms with Crippen molar-refractivity contribution in [3.8, 4) is 5.75 Å². The molecule has 0 radical (unpaired) electrons. The number of amides is 1. The molecule has 0 atom stereocenters. The Kier molecular flexibility index (Phi) is 6.24. The molecule has 0 bridgehead atoms. The van der Waals surface area contributed by atoms with E-state index in [4.69, 9.17) is 21.1 Å². The third-order valence-electron chi connectivity index (χ3n) is 6.38. The molecule has 7 heteroatoms. The minimum atomic E-state index is -0.540. The molecule has 1 N–H and O–H groups in total. The van der Waals surface area contributed by atoms with Gasteiger partial charge in [-0.15, -0.1) is 0 Å². The summed E-state index contributed by atoms with van der Waals surface area (Å²) in [5.41, 5.74) is 2.30. The summed E-state index contributed by atoms with van der Waals surface area (Å²) in [4.78, 5) is 38.6. The van der Waals surface area contributed by atoms with Crippen molar-refractivity contribution in [1.29, 1.82) is 0 Å². The van der Waals surface area contributed by atoms with Gasteiger partial charge in [0.15, 0.2) is 18.2 Å². The second-order valence-electron chi connectivity index (χ2n) is 8.62. The van der Waals surface area contributed by atoms with Crippen LogP contribution in [0.15, 0.2) is 71.2 Å².